The molecule has 30 heavy (non-hydrogen) atoms. The maximum atomic E-state index is 12.8. The Hall–Kier alpha value is -2.58. The van der Waals surface area contributed by atoms with Crippen LogP contribution in [0.25, 0.3) is 15.7 Å². The van der Waals surface area contributed by atoms with E-state index >= 15 is 0 Å². The summed E-state index contributed by atoms with van der Waals surface area (Å²) in [6.07, 6.45) is 0.818. The number of carbonyl (C=O) groups is 1. The molecule has 1 aromatic carbocycles. The van der Waals surface area contributed by atoms with E-state index in [4.69, 9.17) is 0 Å². The van der Waals surface area contributed by atoms with E-state index in [0.29, 0.717) is 5.75 Å². The Balaban J connectivity index is 1.26. The van der Waals surface area contributed by atoms with Gasteiger partial charge in [0.05, 0.1) is 21.5 Å². The van der Waals surface area contributed by atoms with Gasteiger partial charge in [-0.1, -0.05) is 36.9 Å². The SMILES string of the molecule is CCc1nnc(SCC(=O)N2CCN(c3ccccc3)CC2)c2cc3sccc3n12. The number of rotatable bonds is 5. The number of aryl methyl sites for hydroxylation is 1. The van der Waals surface area contributed by atoms with Gasteiger partial charge in [-0.25, -0.2) is 0 Å². The molecule has 0 bridgehead atoms. The molecule has 0 N–H and O–H groups in total. The molecule has 1 aliphatic heterocycles. The molecule has 5 rings (SSSR count). The quantitative estimate of drug-likeness (QED) is 0.443. The number of amides is 1. The summed E-state index contributed by atoms with van der Waals surface area (Å²) in [6.45, 7) is 5.33. The number of hydrogen-bond acceptors (Lipinski definition) is 6. The maximum Gasteiger partial charge on any atom is 0.233 e. The van der Waals surface area contributed by atoms with E-state index < -0.39 is 0 Å². The van der Waals surface area contributed by atoms with Gasteiger partial charge >= 0.3 is 0 Å². The molecule has 3 aromatic heterocycles. The fourth-order valence-corrected chi connectivity index (χ4v) is 5.61. The number of hydrogen-bond donors (Lipinski definition) is 0. The Morgan fingerprint density at radius 1 is 1.07 bits per heavy atom. The third-order valence-electron chi connectivity index (χ3n) is 5.56. The second-order valence-corrected chi connectivity index (χ2v) is 9.21. The van der Waals surface area contributed by atoms with Gasteiger partial charge in [-0.3, -0.25) is 9.20 Å². The fourth-order valence-electron chi connectivity index (χ4n) is 3.97. The molecule has 8 heteroatoms. The molecule has 4 heterocycles. The first-order valence-corrected chi connectivity index (χ1v) is 12.1. The number of fused-ring (bicyclic) bond motifs is 3. The average molecular weight is 438 g/mol. The second-order valence-electron chi connectivity index (χ2n) is 7.30. The zero-order valence-corrected chi connectivity index (χ0v) is 18.5. The summed E-state index contributed by atoms with van der Waals surface area (Å²) in [7, 11) is 0. The lowest BCUT2D eigenvalue weighted by Gasteiger charge is -2.36. The van der Waals surface area contributed by atoms with Crippen molar-refractivity contribution in [3.05, 3.63) is 53.7 Å². The number of piperazine rings is 1. The molecule has 1 aliphatic rings. The molecule has 0 atom stereocenters. The molecule has 0 aliphatic carbocycles. The van der Waals surface area contributed by atoms with E-state index in [1.54, 1.807) is 11.3 Å². The summed E-state index contributed by atoms with van der Waals surface area (Å²) >= 11 is 3.21. The highest BCUT2D eigenvalue weighted by molar-refractivity contribution is 8.00. The molecule has 6 nitrogen and oxygen atoms in total. The summed E-state index contributed by atoms with van der Waals surface area (Å²) in [6, 6.07) is 14.7. The second kappa shape index (κ2) is 8.28. The summed E-state index contributed by atoms with van der Waals surface area (Å²) < 4.78 is 3.41. The number of aromatic nitrogens is 3. The normalized spacial score (nSPS) is 14.7. The van der Waals surface area contributed by atoms with Gasteiger partial charge in [0, 0.05) is 38.3 Å². The van der Waals surface area contributed by atoms with Crippen LogP contribution in [-0.2, 0) is 11.2 Å². The molecule has 1 amide bonds. The van der Waals surface area contributed by atoms with Crippen molar-refractivity contribution >= 4 is 50.4 Å². The number of benzene rings is 1. The molecular formula is C22H23N5OS2. The first-order chi connectivity index (χ1) is 14.7. The Morgan fingerprint density at radius 2 is 1.87 bits per heavy atom. The minimum atomic E-state index is 0.167. The van der Waals surface area contributed by atoms with Gasteiger partial charge in [0.1, 0.15) is 10.9 Å². The summed E-state index contributed by atoms with van der Waals surface area (Å²) in [5.74, 6) is 1.51. The fraction of sp³-hybridized carbons (Fsp3) is 0.318. The van der Waals surface area contributed by atoms with E-state index in [2.05, 4.69) is 68.2 Å². The molecule has 154 valence electrons. The Kier molecular flexibility index (Phi) is 5.35. The summed E-state index contributed by atoms with van der Waals surface area (Å²) in [5.41, 5.74) is 3.45. The predicted octanol–water partition coefficient (Wildman–Crippen LogP) is 3.95. The first-order valence-electron chi connectivity index (χ1n) is 10.2. The molecule has 0 unspecified atom stereocenters. The molecule has 1 fully saturated rings. The smallest absolute Gasteiger partial charge is 0.233 e. The molecular weight excluding hydrogens is 414 g/mol. The molecule has 0 radical (unpaired) electrons. The van der Waals surface area contributed by atoms with Crippen molar-refractivity contribution in [1.82, 2.24) is 19.5 Å². The van der Waals surface area contributed by atoms with E-state index in [1.807, 2.05) is 11.0 Å². The lowest BCUT2D eigenvalue weighted by molar-refractivity contribution is -0.128. The minimum absolute atomic E-state index is 0.167. The van der Waals surface area contributed by atoms with Crippen molar-refractivity contribution < 1.29 is 4.79 Å². The number of carbonyl (C=O) groups excluding carboxylic acids is 1. The van der Waals surface area contributed by atoms with Crippen LogP contribution >= 0.6 is 23.1 Å². The number of para-hydroxylation sites is 1. The van der Waals surface area contributed by atoms with Gasteiger partial charge in [0.25, 0.3) is 0 Å². The van der Waals surface area contributed by atoms with Crippen LogP contribution in [0.2, 0.25) is 0 Å². The van der Waals surface area contributed by atoms with Crippen LogP contribution in [0, 0.1) is 0 Å². The lowest BCUT2D eigenvalue weighted by Crippen LogP contribution is -2.49. The van der Waals surface area contributed by atoms with Crippen molar-refractivity contribution in [3.8, 4) is 0 Å². The zero-order chi connectivity index (χ0) is 20.5. The first kappa shape index (κ1) is 19.4. The summed E-state index contributed by atoms with van der Waals surface area (Å²) in [5, 5.41) is 11.8. The highest BCUT2D eigenvalue weighted by atomic mass is 32.2. The largest absolute Gasteiger partial charge is 0.368 e. The van der Waals surface area contributed by atoms with Crippen molar-refractivity contribution in [3.63, 3.8) is 0 Å². The zero-order valence-electron chi connectivity index (χ0n) is 16.8. The van der Waals surface area contributed by atoms with E-state index in [-0.39, 0.29) is 5.91 Å². The minimum Gasteiger partial charge on any atom is -0.368 e. The molecule has 0 saturated carbocycles. The number of anilines is 1. The Labute approximate surface area is 183 Å². The van der Waals surface area contributed by atoms with Gasteiger partial charge < -0.3 is 9.80 Å². The van der Waals surface area contributed by atoms with Crippen LogP contribution < -0.4 is 4.90 Å². The van der Waals surface area contributed by atoms with Gasteiger partial charge in [-0.2, -0.15) is 0 Å². The van der Waals surface area contributed by atoms with Gasteiger partial charge in [0.15, 0.2) is 0 Å². The monoisotopic (exact) mass is 437 g/mol. The maximum absolute atomic E-state index is 12.8. The van der Waals surface area contributed by atoms with Crippen LogP contribution in [-0.4, -0.2) is 57.3 Å². The van der Waals surface area contributed by atoms with Crippen molar-refractivity contribution in [1.29, 1.82) is 0 Å². The van der Waals surface area contributed by atoms with E-state index in [0.717, 1.165) is 49.0 Å². The Bertz CT molecular complexity index is 1180. The van der Waals surface area contributed by atoms with Crippen LogP contribution in [0.5, 0.6) is 0 Å². The van der Waals surface area contributed by atoms with Crippen molar-refractivity contribution in [2.45, 2.75) is 18.4 Å². The highest BCUT2D eigenvalue weighted by Crippen LogP contribution is 2.31. The van der Waals surface area contributed by atoms with Crippen molar-refractivity contribution in [2.24, 2.45) is 0 Å². The molecule has 1 saturated heterocycles. The van der Waals surface area contributed by atoms with Crippen LogP contribution in [0.1, 0.15) is 12.7 Å². The Morgan fingerprint density at radius 3 is 2.63 bits per heavy atom. The van der Waals surface area contributed by atoms with Crippen molar-refractivity contribution in [2.75, 3.05) is 36.8 Å². The topological polar surface area (TPSA) is 53.7 Å². The number of thiophene rings is 1. The lowest BCUT2D eigenvalue weighted by atomic mass is 10.2. The van der Waals surface area contributed by atoms with Crippen LogP contribution in [0.3, 0.4) is 0 Å². The van der Waals surface area contributed by atoms with Crippen LogP contribution in [0.4, 0.5) is 5.69 Å². The van der Waals surface area contributed by atoms with Gasteiger partial charge in [-0.15, -0.1) is 21.5 Å². The third kappa shape index (κ3) is 3.54. The van der Waals surface area contributed by atoms with E-state index in [9.17, 15) is 4.79 Å². The van der Waals surface area contributed by atoms with Gasteiger partial charge in [0.2, 0.25) is 5.91 Å². The predicted molar refractivity (Wildman–Crippen MR) is 124 cm³/mol. The number of nitrogens with zero attached hydrogens (tertiary/aromatic N) is 5. The van der Waals surface area contributed by atoms with Gasteiger partial charge in [-0.05, 0) is 29.6 Å². The number of thioether (sulfide) groups is 1. The average Bonchev–Trinajstić information content (AvgIpc) is 3.40. The standard InChI is InChI=1S/C22H23N5OS2/c1-2-20-23-24-22(18-14-19-17(27(18)20)8-13-29-19)30-15-21(28)26-11-9-25(10-12-26)16-6-4-3-5-7-16/h3-8,13-14H,2,9-12,15H2,1H3. The molecule has 0 spiro atoms. The molecule has 4 aromatic rings. The highest BCUT2D eigenvalue weighted by Gasteiger charge is 2.22. The van der Waals surface area contributed by atoms with Crippen LogP contribution in [0.15, 0.2) is 52.9 Å². The third-order valence-corrected chi connectivity index (χ3v) is 7.37. The van der Waals surface area contributed by atoms with E-state index in [1.165, 1.54) is 27.7 Å². The summed E-state index contributed by atoms with van der Waals surface area (Å²) in [4.78, 5) is 17.1.